The first-order chi connectivity index (χ1) is 12.2. The van der Waals surface area contributed by atoms with E-state index < -0.39 is 6.10 Å². The van der Waals surface area contributed by atoms with Gasteiger partial charge in [-0.15, -0.1) is 0 Å². The minimum absolute atomic E-state index is 0.0730. The second kappa shape index (κ2) is 8.50. The summed E-state index contributed by atoms with van der Waals surface area (Å²) < 4.78 is 0. The quantitative estimate of drug-likeness (QED) is 0.832. The molecule has 1 N–H and O–H groups in total. The highest BCUT2D eigenvalue weighted by Crippen LogP contribution is 2.32. The summed E-state index contributed by atoms with van der Waals surface area (Å²) in [5, 5.41) is 10.7. The van der Waals surface area contributed by atoms with Crippen LogP contribution in [-0.4, -0.2) is 29.0 Å². The summed E-state index contributed by atoms with van der Waals surface area (Å²) in [7, 11) is 1.79. The number of benzene rings is 2. The zero-order chi connectivity index (χ0) is 19.3. The summed E-state index contributed by atoms with van der Waals surface area (Å²) in [5.41, 5.74) is 1.82. The summed E-state index contributed by atoms with van der Waals surface area (Å²) in [4.78, 5) is 15.0. The highest BCUT2D eigenvalue weighted by atomic mass is 16.3. The van der Waals surface area contributed by atoms with Crippen LogP contribution in [0, 0.1) is 11.3 Å². The van der Waals surface area contributed by atoms with E-state index in [9.17, 15) is 9.90 Å². The van der Waals surface area contributed by atoms with Crippen molar-refractivity contribution in [2.24, 2.45) is 11.3 Å². The third-order valence-electron chi connectivity index (χ3n) is 5.18. The van der Waals surface area contributed by atoms with E-state index in [0.717, 1.165) is 11.1 Å². The van der Waals surface area contributed by atoms with Gasteiger partial charge in [-0.1, -0.05) is 81.4 Å². The van der Waals surface area contributed by atoms with Crippen molar-refractivity contribution in [1.29, 1.82) is 0 Å². The van der Waals surface area contributed by atoms with Crippen LogP contribution < -0.4 is 0 Å². The molecule has 0 aliphatic rings. The van der Waals surface area contributed by atoms with Crippen molar-refractivity contribution in [3.8, 4) is 0 Å². The Kier molecular flexibility index (Phi) is 6.60. The van der Waals surface area contributed by atoms with Gasteiger partial charge in [0.2, 0.25) is 5.91 Å². The minimum atomic E-state index is -0.706. The van der Waals surface area contributed by atoms with Crippen molar-refractivity contribution < 1.29 is 9.90 Å². The molecule has 0 aliphatic heterocycles. The first kappa shape index (κ1) is 20.2. The van der Waals surface area contributed by atoms with Gasteiger partial charge in [0.25, 0.3) is 0 Å². The lowest BCUT2D eigenvalue weighted by Crippen LogP contribution is -2.46. The van der Waals surface area contributed by atoms with Gasteiger partial charge >= 0.3 is 0 Å². The Labute approximate surface area is 157 Å². The minimum Gasteiger partial charge on any atom is -0.386 e. The molecule has 0 fully saturated rings. The maximum Gasteiger partial charge on any atom is 0.226 e. The maximum atomic E-state index is 13.3. The van der Waals surface area contributed by atoms with Crippen molar-refractivity contribution in [3.05, 3.63) is 71.8 Å². The van der Waals surface area contributed by atoms with Gasteiger partial charge in [0, 0.05) is 13.0 Å². The zero-order valence-electron chi connectivity index (χ0n) is 16.5. The smallest absolute Gasteiger partial charge is 0.226 e. The lowest BCUT2D eigenvalue weighted by molar-refractivity contribution is -0.141. The van der Waals surface area contributed by atoms with Crippen molar-refractivity contribution in [3.63, 3.8) is 0 Å². The van der Waals surface area contributed by atoms with Crippen molar-refractivity contribution in [2.75, 3.05) is 7.05 Å². The van der Waals surface area contributed by atoms with Gasteiger partial charge in [-0.05, 0) is 29.9 Å². The predicted molar refractivity (Wildman–Crippen MR) is 107 cm³/mol. The molecule has 26 heavy (non-hydrogen) atoms. The van der Waals surface area contributed by atoms with Crippen LogP contribution in [0.2, 0.25) is 0 Å². The van der Waals surface area contributed by atoms with Gasteiger partial charge in [-0.2, -0.15) is 0 Å². The number of likely N-dealkylation sites (N-methyl/N-ethyl adjacent to an activating group) is 1. The van der Waals surface area contributed by atoms with Crippen LogP contribution in [0.15, 0.2) is 60.7 Å². The highest BCUT2D eigenvalue weighted by Gasteiger charge is 2.36. The molecule has 2 rings (SSSR count). The lowest BCUT2D eigenvalue weighted by atomic mass is 9.76. The van der Waals surface area contributed by atoms with Crippen molar-refractivity contribution in [1.82, 2.24) is 4.90 Å². The molecule has 1 unspecified atom stereocenters. The number of hydrogen-bond donors (Lipinski definition) is 1. The molecule has 0 spiro atoms. The zero-order valence-corrected chi connectivity index (χ0v) is 16.5. The van der Waals surface area contributed by atoms with Gasteiger partial charge in [0.05, 0.1) is 12.1 Å². The normalized spacial score (nSPS) is 15.2. The van der Waals surface area contributed by atoms with Crippen molar-refractivity contribution >= 4 is 5.91 Å². The third kappa shape index (κ3) is 4.95. The van der Waals surface area contributed by atoms with Crippen molar-refractivity contribution in [2.45, 2.75) is 46.3 Å². The standard InChI is InChI=1S/C23H31NO2/c1-17(21(25)19-14-10-7-11-15-19)24(5)22(26)20(23(2,3)4)16-18-12-8-6-9-13-18/h6-15,17,20-21,25H,16H2,1-5H3/t17-,20?,21+/m0/s1. The summed E-state index contributed by atoms with van der Waals surface area (Å²) in [6, 6.07) is 19.3. The molecule has 0 aliphatic carbocycles. The van der Waals surface area contributed by atoms with Crippen LogP contribution in [0.3, 0.4) is 0 Å². The van der Waals surface area contributed by atoms with E-state index in [2.05, 4.69) is 32.9 Å². The topological polar surface area (TPSA) is 40.5 Å². The van der Waals surface area contributed by atoms with E-state index in [1.807, 2.05) is 55.5 Å². The monoisotopic (exact) mass is 353 g/mol. The fourth-order valence-corrected chi connectivity index (χ4v) is 3.20. The SMILES string of the molecule is C[C@@H]([C@@H](O)c1ccccc1)N(C)C(=O)C(Cc1ccccc1)C(C)(C)C. The maximum absolute atomic E-state index is 13.3. The molecule has 0 saturated heterocycles. The largest absolute Gasteiger partial charge is 0.386 e. The van der Waals surface area contributed by atoms with Crippen LogP contribution >= 0.6 is 0 Å². The van der Waals surface area contributed by atoms with Crippen LogP contribution in [0.1, 0.15) is 44.9 Å². The molecule has 3 atom stereocenters. The predicted octanol–water partition coefficient (Wildman–Crippen LogP) is 4.47. The average molecular weight is 354 g/mol. The molecule has 3 heteroatoms. The number of aliphatic hydroxyl groups excluding tert-OH is 1. The number of amides is 1. The fourth-order valence-electron chi connectivity index (χ4n) is 3.20. The molecule has 0 aromatic heterocycles. The third-order valence-corrected chi connectivity index (χ3v) is 5.18. The van der Waals surface area contributed by atoms with E-state index in [1.165, 1.54) is 0 Å². The first-order valence-electron chi connectivity index (χ1n) is 9.25. The molecule has 0 bridgehead atoms. The Balaban J connectivity index is 2.18. The van der Waals surface area contributed by atoms with E-state index in [0.29, 0.717) is 6.42 Å². The molecule has 1 amide bonds. The molecule has 0 heterocycles. The Morgan fingerprint density at radius 3 is 2.00 bits per heavy atom. The van der Waals surface area contributed by atoms with E-state index in [-0.39, 0.29) is 23.3 Å². The molecular weight excluding hydrogens is 322 g/mol. The fraction of sp³-hybridized carbons (Fsp3) is 0.435. The van der Waals surface area contributed by atoms with Gasteiger partial charge in [0.15, 0.2) is 0 Å². The first-order valence-corrected chi connectivity index (χ1v) is 9.25. The van der Waals surface area contributed by atoms with Crippen LogP contribution in [0.4, 0.5) is 0 Å². The van der Waals surface area contributed by atoms with Crippen LogP contribution in [-0.2, 0) is 11.2 Å². The second-order valence-corrected chi connectivity index (χ2v) is 8.15. The van der Waals surface area contributed by atoms with Gasteiger partial charge in [0.1, 0.15) is 0 Å². The molecule has 2 aromatic carbocycles. The molecule has 3 nitrogen and oxygen atoms in total. The number of carbonyl (C=O) groups excluding carboxylic acids is 1. The summed E-state index contributed by atoms with van der Waals surface area (Å²) in [6.45, 7) is 8.21. The summed E-state index contributed by atoms with van der Waals surface area (Å²) in [5.74, 6) is -0.0795. The Bertz CT molecular complexity index is 691. The Morgan fingerprint density at radius 2 is 1.50 bits per heavy atom. The van der Waals surface area contributed by atoms with E-state index >= 15 is 0 Å². The number of aliphatic hydroxyl groups is 1. The number of rotatable bonds is 6. The molecule has 2 aromatic rings. The van der Waals surface area contributed by atoms with E-state index in [4.69, 9.17) is 0 Å². The molecule has 0 radical (unpaired) electrons. The number of nitrogens with zero attached hydrogens (tertiary/aromatic N) is 1. The Morgan fingerprint density at radius 1 is 1.00 bits per heavy atom. The van der Waals surface area contributed by atoms with Crippen LogP contribution in [0.5, 0.6) is 0 Å². The van der Waals surface area contributed by atoms with E-state index in [1.54, 1.807) is 11.9 Å². The Hall–Kier alpha value is -2.13. The van der Waals surface area contributed by atoms with Gasteiger partial charge < -0.3 is 10.0 Å². The average Bonchev–Trinajstić information content (AvgIpc) is 2.64. The van der Waals surface area contributed by atoms with Gasteiger partial charge in [-0.25, -0.2) is 0 Å². The molecule has 140 valence electrons. The molecular formula is C23H31NO2. The number of carbonyl (C=O) groups is 1. The van der Waals surface area contributed by atoms with Crippen LogP contribution in [0.25, 0.3) is 0 Å². The summed E-state index contributed by atoms with van der Waals surface area (Å²) >= 11 is 0. The molecule has 0 saturated carbocycles. The lowest BCUT2D eigenvalue weighted by Gasteiger charge is -2.37. The number of hydrogen-bond acceptors (Lipinski definition) is 2. The summed E-state index contributed by atoms with van der Waals surface area (Å²) in [6.07, 6.45) is -0.00993. The second-order valence-electron chi connectivity index (χ2n) is 8.15. The van der Waals surface area contributed by atoms with Gasteiger partial charge in [-0.3, -0.25) is 4.79 Å². The highest BCUT2D eigenvalue weighted by molar-refractivity contribution is 5.80.